The number of nitrogens with one attached hydrogen (secondary N) is 1. The maximum absolute atomic E-state index is 12.6. The minimum atomic E-state index is -0.434. The molecule has 2 aromatic carbocycles. The Morgan fingerprint density at radius 1 is 1.12 bits per heavy atom. The van der Waals surface area contributed by atoms with Crippen LogP contribution in [0, 0.1) is 17.0 Å². The van der Waals surface area contributed by atoms with Crippen LogP contribution >= 0.6 is 11.8 Å². The Kier molecular flexibility index (Phi) is 6.20. The molecule has 0 aliphatic heterocycles. The van der Waals surface area contributed by atoms with E-state index in [4.69, 9.17) is 0 Å². The molecule has 2 rings (SSSR count). The van der Waals surface area contributed by atoms with Crippen molar-refractivity contribution in [3.8, 4) is 0 Å². The molecule has 0 fully saturated rings. The molecule has 1 amide bonds. The molecule has 0 bridgehead atoms. The van der Waals surface area contributed by atoms with Crippen molar-refractivity contribution in [3.05, 3.63) is 63.7 Å². The van der Waals surface area contributed by atoms with Crippen LogP contribution < -0.4 is 5.32 Å². The van der Waals surface area contributed by atoms with Crippen molar-refractivity contribution in [2.24, 2.45) is 0 Å². The Labute approximate surface area is 152 Å². The van der Waals surface area contributed by atoms with Crippen molar-refractivity contribution >= 4 is 29.0 Å². The standard InChI is InChI=1S/C19H22N2O3S/c1-12(2)17-7-5-6-13(3)18(17)20-19(22)14(4)25-16-10-8-15(9-11-16)21(23)24/h5-12,14H,1-4H3,(H,20,22). The molecule has 1 atom stereocenters. The fourth-order valence-corrected chi connectivity index (χ4v) is 3.34. The first kappa shape index (κ1) is 19.0. The Hall–Kier alpha value is -2.34. The number of benzene rings is 2. The van der Waals surface area contributed by atoms with Crippen LogP contribution in [0.3, 0.4) is 0 Å². The van der Waals surface area contributed by atoms with Gasteiger partial charge in [-0.1, -0.05) is 32.0 Å². The number of aryl methyl sites for hydroxylation is 1. The topological polar surface area (TPSA) is 72.2 Å². The number of hydrogen-bond acceptors (Lipinski definition) is 4. The number of non-ortho nitro benzene ring substituents is 1. The number of rotatable bonds is 6. The van der Waals surface area contributed by atoms with E-state index in [0.29, 0.717) is 5.92 Å². The number of amides is 1. The quantitative estimate of drug-likeness (QED) is 0.440. The highest BCUT2D eigenvalue weighted by Gasteiger charge is 2.18. The average Bonchev–Trinajstić information content (AvgIpc) is 2.56. The number of anilines is 1. The number of nitro groups is 1. The van der Waals surface area contributed by atoms with E-state index in [0.717, 1.165) is 21.7 Å². The molecule has 1 N–H and O–H groups in total. The van der Waals surface area contributed by atoms with Crippen LogP contribution in [0.15, 0.2) is 47.4 Å². The molecule has 0 aromatic heterocycles. The van der Waals surface area contributed by atoms with Crippen molar-refractivity contribution in [2.45, 2.75) is 43.8 Å². The first-order valence-electron chi connectivity index (χ1n) is 8.11. The van der Waals surface area contributed by atoms with E-state index in [1.54, 1.807) is 12.1 Å². The second kappa shape index (κ2) is 8.16. The molecule has 0 aliphatic carbocycles. The summed E-state index contributed by atoms with van der Waals surface area (Å²) < 4.78 is 0. The SMILES string of the molecule is Cc1cccc(C(C)C)c1NC(=O)C(C)Sc1ccc([N+](=O)[O-])cc1. The number of nitrogens with zero attached hydrogens (tertiary/aromatic N) is 1. The van der Waals surface area contributed by atoms with E-state index in [2.05, 4.69) is 19.2 Å². The predicted octanol–water partition coefficient (Wildman–Crippen LogP) is 5.15. The number of carbonyl (C=O) groups is 1. The van der Waals surface area contributed by atoms with Gasteiger partial charge in [0.25, 0.3) is 5.69 Å². The van der Waals surface area contributed by atoms with Gasteiger partial charge in [0.1, 0.15) is 0 Å². The summed E-state index contributed by atoms with van der Waals surface area (Å²) in [5.74, 6) is 0.229. The number of thioether (sulfide) groups is 1. The maximum atomic E-state index is 12.6. The Balaban J connectivity index is 2.09. The van der Waals surface area contributed by atoms with E-state index in [1.165, 1.54) is 23.9 Å². The number of hydrogen-bond donors (Lipinski definition) is 1. The molecule has 0 saturated heterocycles. The summed E-state index contributed by atoms with van der Waals surface area (Å²) in [5, 5.41) is 13.4. The normalized spacial score (nSPS) is 12.0. The zero-order valence-electron chi connectivity index (χ0n) is 14.8. The summed E-state index contributed by atoms with van der Waals surface area (Å²) in [5.41, 5.74) is 3.06. The molecule has 25 heavy (non-hydrogen) atoms. The van der Waals surface area contributed by atoms with Crippen LogP contribution in [0.5, 0.6) is 0 Å². The smallest absolute Gasteiger partial charge is 0.269 e. The molecule has 132 valence electrons. The third-order valence-corrected chi connectivity index (χ3v) is 5.02. The van der Waals surface area contributed by atoms with Crippen molar-refractivity contribution in [1.29, 1.82) is 0 Å². The van der Waals surface area contributed by atoms with Gasteiger partial charge < -0.3 is 5.32 Å². The van der Waals surface area contributed by atoms with Gasteiger partial charge in [-0.2, -0.15) is 0 Å². The first-order chi connectivity index (χ1) is 11.8. The fourth-order valence-electron chi connectivity index (χ4n) is 2.47. The first-order valence-corrected chi connectivity index (χ1v) is 8.99. The number of para-hydroxylation sites is 1. The van der Waals surface area contributed by atoms with Crippen molar-refractivity contribution < 1.29 is 9.72 Å². The molecule has 2 aromatic rings. The molecule has 0 spiro atoms. The molecule has 0 aliphatic rings. The van der Waals surface area contributed by atoms with Gasteiger partial charge in [0.05, 0.1) is 10.2 Å². The molecular formula is C19H22N2O3S. The highest BCUT2D eigenvalue weighted by Crippen LogP contribution is 2.30. The summed E-state index contributed by atoms with van der Waals surface area (Å²) in [7, 11) is 0. The second-order valence-corrected chi connectivity index (χ2v) is 7.61. The van der Waals surface area contributed by atoms with Gasteiger partial charge >= 0.3 is 0 Å². The highest BCUT2D eigenvalue weighted by atomic mass is 32.2. The van der Waals surface area contributed by atoms with E-state index in [1.807, 2.05) is 32.0 Å². The van der Waals surface area contributed by atoms with Gasteiger partial charge in [-0.25, -0.2) is 0 Å². The molecule has 0 heterocycles. The van der Waals surface area contributed by atoms with Crippen molar-refractivity contribution in [2.75, 3.05) is 5.32 Å². The lowest BCUT2D eigenvalue weighted by Crippen LogP contribution is -2.23. The minimum Gasteiger partial charge on any atom is -0.325 e. The van der Waals surface area contributed by atoms with Crippen LogP contribution in [-0.2, 0) is 4.79 Å². The van der Waals surface area contributed by atoms with Crippen LogP contribution in [0.25, 0.3) is 0 Å². The summed E-state index contributed by atoms with van der Waals surface area (Å²) in [6, 6.07) is 12.2. The third-order valence-electron chi connectivity index (χ3n) is 3.90. The summed E-state index contributed by atoms with van der Waals surface area (Å²) in [6.07, 6.45) is 0. The second-order valence-electron chi connectivity index (χ2n) is 6.19. The van der Waals surface area contributed by atoms with Crippen LogP contribution in [0.1, 0.15) is 37.8 Å². The average molecular weight is 358 g/mol. The van der Waals surface area contributed by atoms with E-state index < -0.39 is 4.92 Å². The molecule has 0 radical (unpaired) electrons. The zero-order chi connectivity index (χ0) is 18.6. The zero-order valence-corrected chi connectivity index (χ0v) is 15.6. The van der Waals surface area contributed by atoms with E-state index >= 15 is 0 Å². The Morgan fingerprint density at radius 2 is 1.76 bits per heavy atom. The lowest BCUT2D eigenvalue weighted by Gasteiger charge is -2.18. The lowest BCUT2D eigenvalue weighted by atomic mass is 9.98. The number of carbonyl (C=O) groups excluding carboxylic acids is 1. The highest BCUT2D eigenvalue weighted by molar-refractivity contribution is 8.00. The molecule has 0 saturated carbocycles. The fraction of sp³-hybridized carbons (Fsp3) is 0.316. The van der Waals surface area contributed by atoms with Gasteiger partial charge in [-0.15, -0.1) is 11.8 Å². The Morgan fingerprint density at radius 3 is 2.32 bits per heavy atom. The van der Waals surface area contributed by atoms with E-state index in [9.17, 15) is 14.9 Å². The summed E-state index contributed by atoms with van der Waals surface area (Å²) in [6.45, 7) is 8.00. The summed E-state index contributed by atoms with van der Waals surface area (Å²) >= 11 is 1.38. The van der Waals surface area contributed by atoms with E-state index in [-0.39, 0.29) is 16.8 Å². The van der Waals surface area contributed by atoms with Gasteiger partial charge in [-0.3, -0.25) is 14.9 Å². The summed E-state index contributed by atoms with van der Waals surface area (Å²) in [4.78, 5) is 23.7. The molecular weight excluding hydrogens is 336 g/mol. The molecule has 5 nitrogen and oxygen atoms in total. The largest absolute Gasteiger partial charge is 0.325 e. The van der Waals surface area contributed by atoms with Crippen molar-refractivity contribution in [1.82, 2.24) is 0 Å². The lowest BCUT2D eigenvalue weighted by molar-refractivity contribution is -0.384. The minimum absolute atomic E-state index is 0.0444. The van der Waals surface area contributed by atoms with Gasteiger partial charge in [-0.05, 0) is 43.0 Å². The van der Waals surface area contributed by atoms with Gasteiger partial charge in [0.15, 0.2) is 0 Å². The van der Waals surface area contributed by atoms with Crippen molar-refractivity contribution in [3.63, 3.8) is 0 Å². The third kappa shape index (κ3) is 4.82. The van der Waals surface area contributed by atoms with Gasteiger partial charge in [0, 0.05) is 22.7 Å². The monoisotopic (exact) mass is 358 g/mol. The van der Waals surface area contributed by atoms with Crippen LogP contribution in [0.2, 0.25) is 0 Å². The number of nitro benzene ring substituents is 1. The predicted molar refractivity (Wildman–Crippen MR) is 102 cm³/mol. The molecule has 6 heteroatoms. The van der Waals surface area contributed by atoms with Crippen LogP contribution in [0.4, 0.5) is 11.4 Å². The maximum Gasteiger partial charge on any atom is 0.269 e. The van der Waals surface area contributed by atoms with Crippen LogP contribution in [-0.4, -0.2) is 16.1 Å². The Bertz CT molecular complexity index is 773. The van der Waals surface area contributed by atoms with Gasteiger partial charge in [0.2, 0.25) is 5.91 Å². The molecule has 1 unspecified atom stereocenters.